The molecule has 2 aromatic heterocycles. The molecule has 0 spiro atoms. The highest BCUT2D eigenvalue weighted by Crippen LogP contribution is 2.33. The molecule has 5 rings (SSSR count). The number of fused-ring (bicyclic) bond motifs is 2. The fraction of sp³-hybridized carbons (Fsp3) is 0.176. The number of methoxy groups -OCH3 is 1. The van der Waals surface area contributed by atoms with Crippen LogP contribution in [0.15, 0.2) is 79.0 Å². The van der Waals surface area contributed by atoms with Crippen LogP contribution >= 0.6 is 48.0 Å². The number of anilines is 1. The number of aromatic amines is 1. The summed E-state index contributed by atoms with van der Waals surface area (Å²) in [5, 5.41) is 14.4. The molecule has 5 aromatic rings. The number of aryl methyl sites for hydroxylation is 2. The van der Waals surface area contributed by atoms with Gasteiger partial charge in [-0.3, -0.25) is 29.6 Å². The molecule has 3 aromatic carbocycles. The van der Waals surface area contributed by atoms with Gasteiger partial charge in [-0.2, -0.15) is 0 Å². The molecule has 0 saturated carbocycles. The average Bonchev–Trinajstić information content (AvgIpc) is 3.36. The number of Topliss-reactive ketones (excluding diaryl/α,β-unsaturated/α-hetero) is 1. The fourth-order valence-electron chi connectivity index (χ4n) is 5.32. The molecule has 6 N–H and O–H groups in total. The maximum absolute atomic E-state index is 13.8. The van der Waals surface area contributed by atoms with Gasteiger partial charge >= 0.3 is 5.97 Å². The Hall–Kier alpha value is -4.38. The number of rotatable bonds is 11. The van der Waals surface area contributed by atoms with Gasteiger partial charge in [0.05, 0.1) is 18.2 Å². The summed E-state index contributed by atoms with van der Waals surface area (Å²) >= 11 is 0. The molecular weight excluding hydrogens is 826 g/mol. The molecule has 1 atom stereocenters. The zero-order valence-electron chi connectivity index (χ0n) is 25.6. The van der Waals surface area contributed by atoms with E-state index >= 15 is 0 Å². The number of benzene rings is 3. The zero-order valence-corrected chi connectivity index (χ0v) is 30.2. The lowest BCUT2D eigenvalue weighted by molar-refractivity contribution is -0.142. The van der Waals surface area contributed by atoms with Crippen molar-refractivity contribution in [2.24, 2.45) is 5.73 Å². The van der Waals surface area contributed by atoms with Crippen LogP contribution in [0.1, 0.15) is 45.1 Å². The van der Waals surface area contributed by atoms with Gasteiger partial charge in [-0.15, -0.1) is 48.0 Å². The summed E-state index contributed by atoms with van der Waals surface area (Å²) < 4.78 is 4.66. The first kappa shape index (κ1) is 37.1. The van der Waals surface area contributed by atoms with Gasteiger partial charge in [0.2, 0.25) is 5.91 Å². The van der Waals surface area contributed by atoms with Crippen LogP contribution in [0.3, 0.4) is 0 Å². The summed E-state index contributed by atoms with van der Waals surface area (Å²) in [6.07, 6.45) is 2.01. The average molecular weight is 860 g/mol. The Bertz CT molecular complexity index is 1950. The quantitative estimate of drug-likeness (QED) is 0.0390. The highest BCUT2D eigenvalue weighted by molar-refractivity contribution is 14.0. The van der Waals surface area contributed by atoms with E-state index in [1.54, 1.807) is 73.8 Å². The van der Waals surface area contributed by atoms with E-state index in [1.807, 2.05) is 12.1 Å². The number of esters is 1. The number of nitrogens with zero attached hydrogens (tertiary/aromatic N) is 1. The van der Waals surface area contributed by atoms with E-state index in [-0.39, 0.29) is 71.9 Å². The Labute approximate surface area is 305 Å². The predicted octanol–water partition coefficient (Wildman–Crippen LogP) is 5.37. The molecule has 0 radical (unpaired) electrons. The molecule has 13 heteroatoms. The molecule has 47 heavy (non-hydrogen) atoms. The smallest absolute Gasteiger partial charge is 0.325 e. The van der Waals surface area contributed by atoms with Crippen LogP contribution in [0.5, 0.6) is 0 Å². The summed E-state index contributed by atoms with van der Waals surface area (Å²) in [6, 6.07) is 21.3. The first-order valence-electron chi connectivity index (χ1n) is 14.2. The lowest BCUT2D eigenvalue weighted by Gasteiger charge is -2.17. The minimum Gasteiger partial charge on any atom is -0.468 e. The normalized spacial score (nSPS) is 11.1. The summed E-state index contributed by atoms with van der Waals surface area (Å²) in [7, 11) is 1.21. The summed E-state index contributed by atoms with van der Waals surface area (Å²) in [5.74, 6) is -3.30. The number of pyridine rings is 1. The SMILES string of the molecule is COC(=O)CNC(=O)C(C(=O)CCc1ccc(C(=N)N)cc1)c1c(C)[nH]c2ccc(NC(=O)c3cccc4cccnc34)cc12.I.I. The number of carbonyl (C=O) groups is 4. The van der Waals surface area contributed by atoms with Crippen molar-refractivity contribution in [2.75, 3.05) is 19.0 Å². The molecular formula is C34H34I2N6O5. The monoisotopic (exact) mass is 860 g/mol. The summed E-state index contributed by atoms with van der Waals surface area (Å²) in [5.41, 5.74) is 10.1. The number of aromatic nitrogens is 2. The van der Waals surface area contributed by atoms with Crippen molar-refractivity contribution < 1.29 is 23.9 Å². The van der Waals surface area contributed by atoms with E-state index in [4.69, 9.17) is 11.1 Å². The number of nitrogens with two attached hydrogens (primary N) is 1. The number of hydrogen-bond acceptors (Lipinski definition) is 7. The second-order valence-corrected chi connectivity index (χ2v) is 10.6. The molecule has 0 aliphatic carbocycles. The molecule has 2 heterocycles. The Kier molecular flexibility index (Phi) is 13.0. The van der Waals surface area contributed by atoms with Gasteiger partial charge in [0, 0.05) is 51.4 Å². The van der Waals surface area contributed by atoms with E-state index in [9.17, 15) is 19.2 Å². The van der Waals surface area contributed by atoms with Crippen LogP contribution in [0.2, 0.25) is 0 Å². The van der Waals surface area contributed by atoms with Crippen molar-refractivity contribution in [3.05, 3.63) is 107 Å². The maximum atomic E-state index is 13.8. The number of nitrogen functional groups attached to an aromatic ring is 1. The van der Waals surface area contributed by atoms with Crippen LogP contribution < -0.4 is 16.4 Å². The van der Waals surface area contributed by atoms with E-state index in [0.29, 0.717) is 50.9 Å². The van der Waals surface area contributed by atoms with Gasteiger partial charge in [-0.25, -0.2) is 0 Å². The Morgan fingerprint density at radius 3 is 2.43 bits per heavy atom. The second-order valence-electron chi connectivity index (χ2n) is 10.6. The number of ketones is 1. The van der Waals surface area contributed by atoms with Crippen molar-refractivity contribution in [2.45, 2.75) is 25.7 Å². The van der Waals surface area contributed by atoms with Gasteiger partial charge in [0.1, 0.15) is 24.1 Å². The number of H-pyrrole nitrogens is 1. The van der Waals surface area contributed by atoms with Crippen LogP contribution in [0.25, 0.3) is 21.8 Å². The van der Waals surface area contributed by atoms with E-state index in [1.165, 1.54) is 7.11 Å². The van der Waals surface area contributed by atoms with Gasteiger partial charge in [0.25, 0.3) is 5.91 Å². The third kappa shape index (κ3) is 8.51. The summed E-state index contributed by atoms with van der Waals surface area (Å²) in [4.78, 5) is 60.1. The van der Waals surface area contributed by atoms with Crippen LogP contribution in [-0.4, -0.2) is 53.0 Å². The molecule has 1 unspecified atom stereocenters. The predicted molar refractivity (Wildman–Crippen MR) is 202 cm³/mol. The highest BCUT2D eigenvalue weighted by Gasteiger charge is 2.32. The molecule has 0 aliphatic heterocycles. The number of nitrogens with one attached hydrogen (secondary N) is 4. The third-order valence-corrected chi connectivity index (χ3v) is 7.60. The van der Waals surface area contributed by atoms with Crippen LogP contribution in [-0.2, 0) is 25.5 Å². The number of ether oxygens (including phenoxy) is 1. The first-order valence-corrected chi connectivity index (χ1v) is 14.2. The number of amides is 2. The minimum absolute atomic E-state index is 0. The fourth-order valence-corrected chi connectivity index (χ4v) is 5.32. The number of para-hydroxylation sites is 1. The zero-order chi connectivity index (χ0) is 32.1. The van der Waals surface area contributed by atoms with E-state index in [0.717, 1.165) is 10.9 Å². The number of hydrogen-bond donors (Lipinski definition) is 5. The number of amidine groups is 1. The van der Waals surface area contributed by atoms with Crippen LogP contribution in [0, 0.1) is 12.3 Å². The van der Waals surface area contributed by atoms with Crippen molar-refractivity contribution in [1.82, 2.24) is 15.3 Å². The van der Waals surface area contributed by atoms with E-state index < -0.39 is 24.3 Å². The largest absolute Gasteiger partial charge is 0.468 e. The van der Waals surface area contributed by atoms with Crippen molar-refractivity contribution in [3.8, 4) is 0 Å². The van der Waals surface area contributed by atoms with Gasteiger partial charge in [-0.05, 0) is 49.2 Å². The lowest BCUT2D eigenvalue weighted by Crippen LogP contribution is -2.37. The van der Waals surface area contributed by atoms with Gasteiger partial charge < -0.3 is 26.1 Å². The van der Waals surface area contributed by atoms with E-state index in [2.05, 4.69) is 25.3 Å². The molecule has 11 nitrogen and oxygen atoms in total. The van der Waals surface area contributed by atoms with Crippen molar-refractivity contribution >= 4 is 105 Å². The molecule has 0 bridgehead atoms. The molecule has 0 saturated heterocycles. The molecule has 2 amide bonds. The standard InChI is InChI=1S/C34H32N6O5.2HI/c1-19-29(30(34(44)38-18-28(42)45-2)27(41)15-10-20-8-11-22(12-9-20)32(35)36)25-17-23(13-14-26(25)39-19)40-33(43)24-7-3-5-21-6-4-16-37-31(21)24;;/h3-9,11-14,16-17,30,39H,10,15,18H2,1-2H3,(H3,35,36)(H,38,44)(H,40,43);2*1H. The first-order chi connectivity index (χ1) is 21.7. The maximum Gasteiger partial charge on any atom is 0.325 e. The van der Waals surface area contributed by atoms with Crippen molar-refractivity contribution in [1.29, 1.82) is 5.41 Å². The Balaban J connectivity index is 0.00000300. The highest BCUT2D eigenvalue weighted by atomic mass is 127. The molecule has 0 fully saturated rings. The lowest BCUT2D eigenvalue weighted by atomic mass is 9.88. The van der Waals surface area contributed by atoms with Crippen LogP contribution in [0.4, 0.5) is 5.69 Å². The molecule has 244 valence electrons. The second kappa shape index (κ2) is 16.4. The summed E-state index contributed by atoms with van der Waals surface area (Å²) in [6.45, 7) is 1.37. The number of halogens is 2. The van der Waals surface area contributed by atoms with Gasteiger partial charge in [-0.1, -0.05) is 42.5 Å². The topological polar surface area (TPSA) is 180 Å². The van der Waals surface area contributed by atoms with Crippen molar-refractivity contribution in [3.63, 3.8) is 0 Å². The van der Waals surface area contributed by atoms with Gasteiger partial charge in [0.15, 0.2) is 0 Å². The third-order valence-electron chi connectivity index (χ3n) is 7.60. The Morgan fingerprint density at radius 1 is 1.00 bits per heavy atom. The minimum atomic E-state index is -1.24. The molecule has 0 aliphatic rings. The number of carbonyl (C=O) groups excluding carboxylic acids is 4. The Morgan fingerprint density at radius 2 is 1.72 bits per heavy atom.